The third-order valence-electron chi connectivity index (χ3n) is 2.20. The molecule has 0 rings (SSSR count). The molecule has 0 heterocycles. The van der Waals surface area contributed by atoms with Crippen molar-refractivity contribution >= 4 is 17.8 Å². The fourth-order valence-electron chi connectivity index (χ4n) is 1.51. The molecule has 0 aromatic rings. The Labute approximate surface area is 99.2 Å². The molecule has 0 radical (unpaired) electrons. The van der Waals surface area contributed by atoms with Crippen LogP contribution in [0.4, 0.5) is 0 Å². The highest BCUT2D eigenvalue weighted by molar-refractivity contribution is 5.90. The number of hydrogen-bond donors (Lipinski definition) is 3. The first-order valence-corrected chi connectivity index (χ1v) is 5.22. The molecule has 0 aromatic carbocycles. The minimum Gasteiger partial charge on any atom is -0.480 e. The second-order valence-corrected chi connectivity index (χ2v) is 4.12. The summed E-state index contributed by atoms with van der Waals surface area (Å²) in [6.07, 6.45) is 1.01. The minimum atomic E-state index is -1.27. The Morgan fingerprint density at radius 1 is 1.18 bits per heavy atom. The van der Waals surface area contributed by atoms with Gasteiger partial charge in [-0.1, -0.05) is 13.3 Å². The SMILES string of the molecule is CCCC(C)(N)C(=O)N(CC(=O)O)CC(=O)O. The van der Waals surface area contributed by atoms with Crippen LogP contribution in [-0.4, -0.2) is 51.6 Å². The number of rotatable bonds is 7. The molecule has 0 aliphatic carbocycles. The molecular weight excluding hydrogens is 228 g/mol. The van der Waals surface area contributed by atoms with Gasteiger partial charge in [-0.2, -0.15) is 0 Å². The van der Waals surface area contributed by atoms with Gasteiger partial charge < -0.3 is 20.8 Å². The van der Waals surface area contributed by atoms with Crippen LogP contribution in [0, 0.1) is 0 Å². The van der Waals surface area contributed by atoms with E-state index in [0.29, 0.717) is 12.8 Å². The molecule has 0 saturated carbocycles. The first-order valence-electron chi connectivity index (χ1n) is 5.22. The maximum absolute atomic E-state index is 11.9. The topological polar surface area (TPSA) is 121 Å². The van der Waals surface area contributed by atoms with Crippen LogP contribution in [0.15, 0.2) is 0 Å². The van der Waals surface area contributed by atoms with Gasteiger partial charge >= 0.3 is 11.9 Å². The Balaban J connectivity index is 4.84. The van der Waals surface area contributed by atoms with Gasteiger partial charge in [-0.15, -0.1) is 0 Å². The largest absolute Gasteiger partial charge is 0.480 e. The van der Waals surface area contributed by atoms with Crippen LogP contribution in [0.5, 0.6) is 0 Å². The normalized spacial score (nSPS) is 13.8. The molecule has 0 fully saturated rings. The predicted molar refractivity (Wildman–Crippen MR) is 59.4 cm³/mol. The smallest absolute Gasteiger partial charge is 0.323 e. The average molecular weight is 246 g/mol. The second-order valence-electron chi connectivity index (χ2n) is 4.12. The lowest BCUT2D eigenvalue weighted by Crippen LogP contribution is -2.55. The Hall–Kier alpha value is -1.63. The Morgan fingerprint density at radius 2 is 1.59 bits per heavy atom. The summed E-state index contributed by atoms with van der Waals surface area (Å²) in [4.78, 5) is 33.7. The van der Waals surface area contributed by atoms with Crippen molar-refractivity contribution in [3.63, 3.8) is 0 Å². The van der Waals surface area contributed by atoms with Crippen molar-refractivity contribution in [1.29, 1.82) is 0 Å². The van der Waals surface area contributed by atoms with Crippen molar-refractivity contribution in [2.24, 2.45) is 5.73 Å². The number of carboxylic acid groups (broad SMARTS) is 2. The molecular formula is C10H18N2O5. The van der Waals surface area contributed by atoms with Gasteiger partial charge in [-0.05, 0) is 13.3 Å². The molecule has 7 heteroatoms. The summed E-state index contributed by atoms with van der Waals surface area (Å²) >= 11 is 0. The minimum absolute atomic E-state index is 0.363. The lowest BCUT2D eigenvalue weighted by Gasteiger charge is -2.29. The van der Waals surface area contributed by atoms with Crippen molar-refractivity contribution in [2.75, 3.05) is 13.1 Å². The highest BCUT2D eigenvalue weighted by Crippen LogP contribution is 2.12. The van der Waals surface area contributed by atoms with E-state index in [4.69, 9.17) is 15.9 Å². The zero-order valence-corrected chi connectivity index (χ0v) is 9.97. The molecule has 98 valence electrons. The lowest BCUT2D eigenvalue weighted by atomic mass is 9.95. The zero-order valence-electron chi connectivity index (χ0n) is 9.97. The highest BCUT2D eigenvalue weighted by atomic mass is 16.4. The standard InChI is InChI=1S/C10H18N2O5/c1-3-4-10(2,11)9(17)12(5-7(13)14)6-8(15)16/h3-6,11H2,1-2H3,(H,13,14)(H,15,16). The lowest BCUT2D eigenvalue weighted by molar-refractivity contribution is -0.151. The van der Waals surface area contributed by atoms with Crippen molar-refractivity contribution < 1.29 is 24.6 Å². The van der Waals surface area contributed by atoms with Crippen molar-refractivity contribution in [3.05, 3.63) is 0 Å². The number of amides is 1. The van der Waals surface area contributed by atoms with E-state index in [1.165, 1.54) is 6.92 Å². The van der Waals surface area contributed by atoms with E-state index in [-0.39, 0.29) is 0 Å². The van der Waals surface area contributed by atoms with E-state index in [0.717, 1.165) is 4.90 Å². The van der Waals surface area contributed by atoms with Crippen LogP contribution >= 0.6 is 0 Å². The molecule has 7 nitrogen and oxygen atoms in total. The van der Waals surface area contributed by atoms with Crippen molar-refractivity contribution in [1.82, 2.24) is 4.90 Å². The van der Waals surface area contributed by atoms with E-state index < -0.39 is 36.5 Å². The van der Waals surface area contributed by atoms with Gasteiger partial charge in [-0.3, -0.25) is 14.4 Å². The summed E-state index contributed by atoms with van der Waals surface area (Å²) in [6, 6.07) is 0. The van der Waals surface area contributed by atoms with E-state index in [1.807, 2.05) is 6.92 Å². The number of hydrogen-bond acceptors (Lipinski definition) is 4. The quantitative estimate of drug-likeness (QED) is 0.557. The van der Waals surface area contributed by atoms with Gasteiger partial charge in [0.1, 0.15) is 13.1 Å². The monoisotopic (exact) mass is 246 g/mol. The average Bonchev–Trinajstić information content (AvgIpc) is 2.13. The summed E-state index contributed by atoms with van der Waals surface area (Å²) in [5.41, 5.74) is 4.51. The van der Waals surface area contributed by atoms with Crippen LogP contribution in [0.3, 0.4) is 0 Å². The van der Waals surface area contributed by atoms with Gasteiger partial charge in [0.15, 0.2) is 0 Å². The molecule has 0 aliphatic heterocycles. The van der Waals surface area contributed by atoms with E-state index in [2.05, 4.69) is 0 Å². The van der Waals surface area contributed by atoms with Crippen LogP contribution in [0.2, 0.25) is 0 Å². The number of carboxylic acids is 2. The van der Waals surface area contributed by atoms with Gasteiger partial charge in [0.25, 0.3) is 0 Å². The molecule has 0 aromatic heterocycles. The van der Waals surface area contributed by atoms with Gasteiger partial charge in [0.05, 0.1) is 5.54 Å². The first-order chi connectivity index (χ1) is 7.70. The number of nitrogens with zero attached hydrogens (tertiary/aromatic N) is 1. The fraction of sp³-hybridized carbons (Fsp3) is 0.700. The molecule has 1 atom stereocenters. The third-order valence-corrected chi connectivity index (χ3v) is 2.20. The molecule has 1 amide bonds. The number of carbonyl (C=O) groups is 3. The van der Waals surface area contributed by atoms with Gasteiger partial charge in [-0.25, -0.2) is 0 Å². The van der Waals surface area contributed by atoms with Crippen molar-refractivity contribution in [2.45, 2.75) is 32.2 Å². The summed E-state index contributed by atoms with van der Waals surface area (Å²) in [5, 5.41) is 17.2. The zero-order chi connectivity index (χ0) is 13.6. The molecule has 1 unspecified atom stereocenters. The molecule has 4 N–H and O–H groups in total. The van der Waals surface area contributed by atoms with Crippen molar-refractivity contribution in [3.8, 4) is 0 Å². The maximum Gasteiger partial charge on any atom is 0.323 e. The maximum atomic E-state index is 11.9. The fourth-order valence-corrected chi connectivity index (χ4v) is 1.51. The van der Waals surface area contributed by atoms with E-state index >= 15 is 0 Å². The molecule has 0 aliphatic rings. The molecule has 17 heavy (non-hydrogen) atoms. The highest BCUT2D eigenvalue weighted by Gasteiger charge is 2.33. The van der Waals surface area contributed by atoms with Crippen LogP contribution in [0.25, 0.3) is 0 Å². The first kappa shape index (κ1) is 15.4. The molecule has 0 saturated heterocycles. The second kappa shape index (κ2) is 6.19. The van der Waals surface area contributed by atoms with Crippen LogP contribution < -0.4 is 5.73 Å². The van der Waals surface area contributed by atoms with Crippen LogP contribution in [0.1, 0.15) is 26.7 Å². The van der Waals surface area contributed by atoms with E-state index in [1.54, 1.807) is 0 Å². The summed E-state index contributed by atoms with van der Waals surface area (Å²) < 4.78 is 0. The summed E-state index contributed by atoms with van der Waals surface area (Å²) in [6.45, 7) is 1.97. The Bertz CT molecular complexity index is 298. The molecule has 0 bridgehead atoms. The number of carbonyl (C=O) groups excluding carboxylic acids is 1. The predicted octanol–water partition coefficient (Wildman–Crippen LogP) is -0.498. The Kier molecular flexibility index (Phi) is 5.60. The Morgan fingerprint density at radius 3 is 1.88 bits per heavy atom. The summed E-state index contributed by atoms with van der Waals surface area (Å²) in [7, 11) is 0. The van der Waals surface area contributed by atoms with Gasteiger partial charge in [0, 0.05) is 0 Å². The molecule has 0 spiro atoms. The van der Waals surface area contributed by atoms with Gasteiger partial charge in [0.2, 0.25) is 5.91 Å². The number of aliphatic carboxylic acids is 2. The number of nitrogens with two attached hydrogens (primary N) is 1. The van der Waals surface area contributed by atoms with E-state index in [9.17, 15) is 14.4 Å². The third kappa shape index (κ3) is 5.30. The summed E-state index contributed by atoms with van der Waals surface area (Å²) in [5.74, 6) is -3.21. The van der Waals surface area contributed by atoms with Crippen LogP contribution in [-0.2, 0) is 14.4 Å².